The van der Waals surface area contributed by atoms with Gasteiger partial charge in [-0.05, 0) is 18.7 Å². The Balaban J connectivity index is 2.23. The first-order valence-electron chi connectivity index (χ1n) is 5.27. The van der Waals surface area contributed by atoms with Gasteiger partial charge >= 0.3 is 0 Å². The minimum Gasteiger partial charge on any atom is -0.310 e. The molecule has 1 N–H and O–H groups in total. The van der Waals surface area contributed by atoms with Crippen LogP contribution < -0.4 is 5.32 Å². The van der Waals surface area contributed by atoms with Crippen LogP contribution in [-0.2, 0) is 0 Å². The Kier molecular flexibility index (Phi) is 6.21. The molecule has 0 fully saturated rings. The van der Waals surface area contributed by atoms with Crippen molar-refractivity contribution in [3.63, 3.8) is 0 Å². The number of nitrogens with one attached hydrogen (secondary N) is 1. The van der Waals surface area contributed by atoms with Crippen molar-refractivity contribution in [1.82, 2.24) is 5.32 Å². The summed E-state index contributed by atoms with van der Waals surface area (Å²) < 4.78 is 0. The van der Waals surface area contributed by atoms with E-state index in [4.69, 9.17) is 0 Å². The molecule has 1 rings (SSSR count). The summed E-state index contributed by atoms with van der Waals surface area (Å²) in [6.45, 7) is 3.16. The van der Waals surface area contributed by atoms with E-state index in [9.17, 15) is 0 Å². The first-order chi connectivity index (χ1) is 7.33. The number of benzene rings is 1. The van der Waals surface area contributed by atoms with Crippen LogP contribution in [0.15, 0.2) is 36.4 Å². The zero-order valence-corrected chi connectivity index (χ0v) is 10.3. The van der Waals surface area contributed by atoms with Crippen LogP contribution in [0.4, 0.5) is 0 Å². The maximum Gasteiger partial charge on any atom is 0.0140 e. The van der Waals surface area contributed by atoms with Crippen LogP contribution in [0.1, 0.15) is 12.5 Å². The summed E-state index contributed by atoms with van der Waals surface area (Å²) in [4.78, 5) is 0. The highest BCUT2D eigenvalue weighted by atomic mass is 32.2. The van der Waals surface area contributed by atoms with Crippen molar-refractivity contribution >= 4 is 17.8 Å². The van der Waals surface area contributed by atoms with Gasteiger partial charge in [0.2, 0.25) is 0 Å². The van der Waals surface area contributed by atoms with E-state index in [0.717, 1.165) is 6.54 Å². The molecule has 1 aromatic carbocycles. The van der Waals surface area contributed by atoms with Gasteiger partial charge < -0.3 is 5.32 Å². The lowest BCUT2D eigenvalue weighted by Crippen LogP contribution is -2.27. The van der Waals surface area contributed by atoms with Crippen LogP contribution in [0.3, 0.4) is 0 Å². The third-order valence-corrected chi connectivity index (χ3v) is 2.94. The minimum absolute atomic E-state index is 0.584. The van der Waals surface area contributed by atoms with Gasteiger partial charge in [0.15, 0.2) is 0 Å². The predicted molar refractivity (Wildman–Crippen MR) is 71.3 cm³/mol. The molecule has 1 nitrogen and oxygen atoms in total. The molecular formula is C13H19NS. The van der Waals surface area contributed by atoms with Gasteiger partial charge in [0, 0.05) is 18.3 Å². The zero-order chi connectivity index (χ0) is 10.9. The Hall–Kier alpha value is -0.730. The molecule has 82 valence electrons. The van der Waals surface area contributed by atoms with Gasteiger partial charge in [-0.25, -0.2) is 0 Å². The van der Waals surface area contributed by atoms with Gasteiger partial charge in [-0.3, -0.25) is 0 Å². The molecule has 0 spiro atoms. The number of hydrogen-bond donors (Lipinski definition) is 1. The summed E-state index contributed by atoms with van der Waals surface area (Å²) in [6.07, 6.45) is 6.46. The molecule has 0 saturated carbocycles. The van der Waals surface area contributed by atoms with Crippen molar-refractivity contribution in [2.75, 3.05) is 18.6 Å². The summed E-state index contributed by atoms with van der Waals surface area (Å²) in [6, 6.07) is 11.0. The molecule has 0 aliphatic carbocycles. The number of rotatable bonds is 6. The van der Waals surface area contributed by atoms with Crippen molar-refractivity contribution in [3.8, 4) is 0 Å². The van der Waals surface area contributed by atoms with E-state index in [-0.39, 0.29) is 0 Å². The van der Waals surface area contributed by atoms with Crippen LogP contribution in [-0.4, -0.2) is 24.6 Å². The summed E-state index contributed by atoms with van der Waals surface area (Å²) in [5, 5.41) is 3.45. The largest absolute Gasteiger partial charge is 0.310 e. The van der Waals surface area contributed by atoms with E-state index in [2.05, 4.69) is 54.9 Å². The van der Waals surface area contributed by atoms with Gasteiger partial charge in [-0.1, -0.05) is 42.5 Å². The highest BCUT2D eigenvalue weighted by Gasteiger charge is 1.95. The maximum absolute atomic E-state index is 3.45. The molecule has 0 saturated heterocycles. The van der Waals surface area contributed by atoms with Gasteiger partial charge in [0.25, 0.3) is 0 Å². The fourth-order valence-corrected chi connectivity index (χ4v) is 1.96. The van der Waals surface area contributed by atoms with Crippen LogP contribution in [0.5, 0.6) is 0 Å². The molecule has 0 aliphatic rings. The summed E-state index contributed by atoms with van der Waals surface area (Å²) >= 11 is 1.88. The lowest BCUT2D eigenvalue weighted by molar-refractivity contribution is 0.642. The van der Waals surface area contributed by atoms with Crippen molar-refractivity contribution in [2.45, 2.75) is 13.0 Å². The molecule has 1 unspecified atom stereocenters. The molecule has 15 heavy (non-hydrogen) atoms. The summed E-state index contributed by atoms with van der Waals surface area (Å²) in [5.74, 6) is 1.17. The van der Waals surface area contributed by atoms with E-state index in [1.807, 2.05) is 17.8 Å². The Bertz CT molecular complexity index is 282. The molecule has 0 amide bonds. The third kappa shape index (κ3) is 5.65. The molecule has 2 heteroatoms. The average molecular weight is 221 g/mol. The summed E-state index contributed by atoms with van der Waals surface area (Å²) in [7, 11) is 0. The SMILES string of the molecule is CSCC(C)NC/C=C/c1ccccc1. The Morgan fingerprint density at radius 3 is 2.73 bits per heavy atom. The Morgan fingerprint density at radius 1 is 1.33 bits per heavy atom. The van der Waals surface area contributed by atoms with Crippen molar-refractivity contribution in [2.24, 2.45) is 0 Å². The van der Waals surface area contributed by atoms with Crippen LogP contribution in [0.2, 0.25) is 0 Å². The van der Waals surface area contributed by atoms with E-state index in [1.165, 1.54) is 11.3 Å². The Morgan fingerprint density at radius 2 is 2.07 bits per heavy atom. The van der Waals surface area contributed by atoms with Crippen LogP contribution >= 0.6 is 11.8 Å². The zero-order valence-electron chi connectivity index (χ0n) is 9.44. The highest BCUT2D eigenvalue weighted by Crippen LogP contribution is 2.00. The van der Waals surface area contributed by atoms with Gasteiger partial charge in [0.05, 0.1) is 0 Å². The fraction of sp³-hybridized carbons (Fsp3) is 0.385. The molecule has 0 radical (unpaired) electrons. The van der Waals surface area contributed by atoms with Crippen molar-refractivity contribution < 1.29 is 0 Å². The van der Waals surface area contributed by atoms with Crippen LogP contribution in [0.25, 0.3) is 6.08 Å². The lowest BCUT2D eigenvalue weighted by atomic mass is 10.2. The second-order valence-corrected chi connectivity index (χ2v) is 4.49. The van der Waals surface area contributed by atoms with E-state index in [1.54, 1.807) is 0 Å². The van der Waals surface area contributed by atoms with E-state index >= 15 is 0 Å². The van der Waals surface area contributed by atoms with Crippen molar-refractivity contribution in [3.05, 3.63) is 42.0 Å². The molecule has 0 aliphatic heterocycles. The molecule has 1 atom stereocenters. The second kappa shape index (κ2) is 7.55. The minimum atomic E-state index is 0.584. The molecule has 0 aromatic heterocycles. The topological polar surface area (TPSA) is 12.0 Å². The maximum atomic E-state index is 3.45. The quantitative estimate of drug-likeness (QED) is 0.792. The Labute approximate surface area is 97.0 Å². The second-order valence-electron chi connectivity index (χ2n) is 3.58. The molecule has 1 aromatic rings. The van der Waals surface area contributed by atoms with E-state index < -0.39 is 0 Å². The standard InChI is InChI=1S/C13H19NS/c1-12(11-15-2)14-10-6-9-13-7-4-3-5-8-13/h3-9,12,14H,10-11H2,1-2H3/b9-6+. The van der Waals surface area contributed by atoms with Crippen LogP contribution in [0, 0.1) is 0 Å². The smallest absolute Gasteiger partial charge is 0.0140 e. The average Bonchev–Trinajstić information content (AvgIpc) is 2.26. The van der Waals surface area contributed by atoms with Gasteiger partial charge in [-0.2, -0.15) is 11.8 Å². The third-order valence-electron chi connectivity index (χ3n) is 2.11. The summed E-state index contributed by atoms with van der Waals surface area (Å²) in [5.41, 5.74) is 1.26. The predicted octanol–water partition coefficient (Wildman–Crippen LogP) is 3.04. The fourth-order valence-electron chi connectivity index (χ4n) is 1.34. The lowest BCUT2D eigenvalue weighted by Gasteiger charge is -2.09. The molecule has 0 heterocycles. The number of hydrogen-bond acceptors (Lipinski definition) is 2. The van der Waals surface area contributed by atoms with E-state index in [0.29, 0.717) is 6.04 Å². The van der Waals surface area contributed by atoms with Gasteiger partial charge in [0.1, 0.15) is 0 Å². The highest BCUT2D eigenvalue weighted by molar-refractivity contribution is 7.98. The molecular weight excluding hydrogens is 202 g/mol. The number of thioether (sulfide) groups is 1. The van der Waals surface area contributed by atoms with Gasteiger partial charge in [-0.15, -0.1) is 0 Å². The first-order valence-corrected chi connectivity index (χ1v) is 6.66. The molecule has 0 bridgehead atoms. The monoisotopic (exact) mass is 221 g/mol. The normalized spacial score (nSPS) is 13.2. The van der Waals surface area contributed by atoms with Crippen molar-refractivity contribution in [1.29, 1.82) is 0 Å². The first kappa shape index (κ1) is 12.3.